The first-order valence-corrected chi connectivity index (χ1v) is 7.50. The number of esters is 3. The number of carbonyl (C=O) groups excluding carboxylic acids is 3. The Balaban J connectivity index is 2.46. The smallest absolute Gasteiger partial charge is 0.347 e. The monoisotopic (exact) mass is 371 g/mol. The van der Waals surface area contributed by atoms with Gasteiger partial charge in [-0.2, -0.15) is 9.78 Å². The molecule has 12 heteroatoms. The van der Waals surface area contributed by atoms with Gasteiger partial charge in [-0.05, 0) is 0 Å². The van der Waals surface area contributed by atoms with Gasteiger partial charge < -0.3 is 18.9 Å². The molecule has 0 saturated carbocycles. The standard InChI is InChI=1S/C14H17N3O9/c1-6(18)24-9-5-23-13(17-14(22)16-10(21)4-15-17)12(26-8(3)20)11(9)25-7(2)19/h4,9,11-13H,5H2,1-3H3,(H,16,21,22)/t9-,11-,12-,13-/m1/s1. The van der Waals surface area contributed by atoms with Crippen LogP contribution in [0.3, 0.4) is 0 Å². The third-order valence-electron chi connectivity index (χ3n) is 3.30. The van der Waals surface area contributed by atoms with Gasteiger partial charge in [-0.3, -0.25) is 24.2 Å². The maximum absolute atomic E-state index is 12.0. The molecule has 2 heterocycles. The molecular formula is C14H17N3O9. The van der Waals surface area contributed by atoms with Crippen LogP contribution in [0.15, 0.2) is 15.8 Å². The molecule has 1 aliphatic heterocycles. The average Bonchev–Trinajstić information content (AvgIpc) is 2.50. The number of rotatable bonds is 4. The molecule has 0 aliphatic carbocycles. The fourth-order valence-corrected chi connectivity index (χ4v) is 2.48. The summed E-state index contributed by atoms with van der Waals surface area (Å²) in [5.74, 6) is -2.16. The molecule has 0 spiro atoms. The van der Waals surface area contributed by atoms with Crippen molar-refractivity contribution in [3.8, 4) is 0 Å². The number of carbonyl (C=O) groups is 3. The summed E-state index contributed by atoms with van der Waals surface area (Å²) in [6, 6.07) is 0. The van der Waals surface area contributed by atoms with Crippen molar-refractivity contribution in [2.45, 2.75) is 45.3 Å². The molecule has 142 valence electrons. The van der Waals surface area contributed by atoms with Gasteiger partial charge >= 0.3 is 23.6 Å². The molecule has 1 N–H and O–H groups in total. The van der Waals surface area contributed by atoms with Crippen LogP contribution in [0.2, 0.25) is 0 Å². The Bertz CT molecular complexity index is 814. The van der Waals surface area contributed by atoms with E-state index in [0.717, 1.165) is 31.6 Å². The quantitative estimate of drug-likeness (QED) is 0.476. The summed E-state index contributed by atoms with van der Waals surface area (Å²) < 4.78 is 21.5. The van der Waals surface area contributed by atoms with Crippen LogP contribution >= 0.6 is 0 Å². The van der Waals surface area contributed by atoms with Crippen LogP contribution in [0.1, 0.15) is 27.0 Å². The Labute approximate surface area is 146 Å². The molecule has 26 heavy (non-hydrogen) atoms. The Morgan fingerprint density at radius 2 is 1.65 bits per heavy atom. The van der Waals surface area contributed by atoms with Gasteiger partial charge in [-0.1, -0.05) is 0 Å². The number of ether oxygens (including phenoxy) is 4. The molecule has 1 aromatic rings. The van der Waals surface area contributed by atoms with E-state index < -0.39 is 53.7 Å². The minimum Gasteiger partial charge on any atom is -0.456 e. The second kappa shape index (κ2) is 7.91. The minimum atomic E-state index is -1.36. The molecule has 0 bridgehead atoms. The van der Waals surface area contributed by atoms with E-state index in [1.807, 2.05) is 4.98 Å². The van der Waals surface area contributed by atoms with Gasteiger partial charge in [0.1, 0.15) is 6.20 Å². The molecule has 0 radical (unpaired) electrons. The van der Waals surface area contributed by atoms with Crippen molar-refractivity contribution in [3.05, 3.63) is 27.0 Å². The molecule has 2 rings (SSSR count). The highest BCUT2D eigenvalue weighted by Gasteiger charge is 2.48. The van der Waals surface area contributed by atoms with E-state index in [-0.39, 0.29) is 6.61 Å². The van der Waals surface area contributed by atoms with Gasteiger partial charge in [-0.15, -0.1) is 0 Å². The van der Waals surface area contributed by atoms with E-state index in [9.17, 15) is 24.0 Å². The van der Waals surface area contributed by atoms with Crippen molar-refractivity contribution in [3.63, 3.8) is 0 Å². The Hall–Kier alpha value is -3.02. The zero-order valence-corrected chi connectivity index (χ0v) is 14.2. The Morgan fingerprint density at radius 3 is 2.19 bits per heavy atom. The number of H-pyrrole nitrogens is 1. The summed E-state index contributed by atoms with van der Waals surface area (Å²) in [5.41, 5.74) is -1.66. The molecule has 0 unspecified atom stereocenters. The lowest BCUT2D eigenvalue weighted by Gasteiger charge is -2.40. The lowest BCUT2D eigenvalue weighted by molar-refractivity contribution is -0.242. The number of nitrogens with zero attached hydrogens (tertiary/aromatic N) is 2. The summed E-state index contributed by atoms with van der Waals surface area (Å²) in [5, 5.41) is 3.65. The summed E-state index contributed by atoms with van der Waals surface area (Å²) in [6.45, 7) is 3.09. The first-order chi connectivity index (χ1) is 12.2. The molecule has 0 aromatic carbocycles. The van der Waals surface area contributed by atoms with Crippen molar-refractivity contribution in [2.24, 2.45) is 0 Å². The average molecular weight is 371 g/mol. The number of hydrogen-bond acceptors (Lipinski definition) is 10. The van der Waals surface area contributed by atoms with Crippen LogP contribution in [0.25, 0.3) is 0 Å². The van der Waals surface area contributed by atoms with Gasteiger partial charge in [0.25, 0.3) is 5.56 Å². The summed E-state index contributed by atoms with van der Waals surface area (Å²) >= 11 is 0. The number of hydrogen-bond donors (Lipinski definition) is 1. The molecule has 1 fully saturated rings. The number of nitrogens with one attached hydrogen (secondary N) is 1. The third-order valence-corrected chi connectivity index (χ3v) is 3.30. The molecule has 12 nitrogen and oxygen atoms in total. The summed E-state index contributed by atoms with van der Waals surface area (Å²) in [4.78, 5) is 59.4. The normalized spacial score (nSPS) is 25.2. The van der Waals surface area contributed by atoms with E-state index in [4.69, 9.17) is 18.9 Å². The highest BCUT2D eigenvalue weighted by atomic mass is 16.6. The minimum absolute atomic E-state index is 0.271. The van der Waals surface area contributed by atoms with Gasteiger partial charge in [-0.25, -0.2) is 4.79 Å². The van der Waals surface area contributed by atoms with Gasteiger partial charge in [0.15, 0.2) is 24.5 Å². The van der Waals surface area contributed by atoms with E-state index in [0.29, 0.717) is 0 Å². The van der Waals surface area contributed by atoms with E-state index in [2.05, 4.69) is 5.10 Å². The van der Waals surface area contributed by atoms with Crippen molar-refractivity contribution in [1.82, 2.24) is 14.8 Å². The maximum Gasteiger partial charge on any atom is 0.347 e. The number of aromatic amines is 1. The second-order valence-electron chi connectivity index (χ2n) is 5.40. The van der Waals surface area contributed by atoms with Gasteiger partial charge in [0.05, 0.1) is 6.61 Å². The van der Waals surface area contributed by atoms with Crippen LogP contribution in [0, 0.1) is 0 Å². The van der Waals surface area contributed by atoms with E-state index in [1.54, 1.807) is 0 Å². The Kier molecular flexibility index (Phi) is 5.87. The second-order valence-corrected chi connectivity index (χ2v) is 5.40. The maximum atomic E-state index is 12.0. The fraction of sp³-hybridized carbons (Fsp3) is 0.571. The van der Waals surface area contributed by atoms with Crippen LogP contribution in [0.4, 0.5) is 0 Å². The van der Waals surface area contributed by atoms with Crippen LogP contribution in [0.5, 0.6) is 0 Å². The highest BCUT2D eigenvalue weighted by Crippen LogP contribution is 2.29. The largest absolute Gasteiger partial charge is 0.456 e. The van der Waals surface area contributed by atoms with Crippen LogP contribution in [-0.4, -0.2) is 57.6 Å². The predicted octanol–water partition coefficient (Wildman–Crippen LogP) is -1.74. The van der Waals surface area contributed by atoms with Crippen molar-refractivity contribution < 1.29 is 33.3 Å². The predicted molar refractivity (Wildman–Crippen MR) is 80.8 cm³/mol. The molecule has 1 aromatic heterocycles. The van der Waals surface area contributed by atoms with Gasteiger partial charge in [0, 0.05) is 20.8 Å². The molecule has 4 atom stereocenters. The summed E-state index contributed by atoms with van der Waals surface area (Å²) in [7, 11) is 0. The summed E-state index contributed by atoms with van der Waals surface area (Å²) in [6.07, 6.45) is -4.17. The zero-order valence-electron chi connectivity index (χ0n) is 14.2. The fourth-order valence-electron chi connectivity index (χ4n) is 2.48. The first kappa shape index (κ1) is 19.3. The van der Waals surface area contributed by atoms with Crippen LogP contribution < -0.4 is 11.2 Å². The SMILES string of the molecule is CC(=O)O[C@@H]1[C@H](OC(C)=O)[C@H](OC(C)=O)CO[C@H]1n1ncc(=O)[nH]c1=O. The van der Waals surface area contributed by atoms with Crippen molar-refractivity contribution in [1.29, 1.82) is 0 Å². The molecule has 1 saturated heterocycles. The van der Waals surface area contributed by atoms with Crippen molar-refractivity contribution >= 4 is 17.9 Å². The van der Waals surface area contributed by atoms with Crippen LogP contribution in [-0.2, 0) is 33.3 Å². The molecule has 0 amide bonds. The molecular weight excluding hydrogens is 354 g/mol. The van der Waals surface area contributed by atoms with Gasteiger partial charge in [0.2, 0.25) is 0 Å². The Morgan fingerprint density at radius 1 is 1.08 bits per heavy atom. The molecule has 1 aliphatic rings. The van der Waals surface area contributed by atoms with Crippen molar-refractivity contribution in [2.75, 3.05) is 6.61 Å². The lowest BCUT2D eigenvalue weighted by atomic mass is 10.0. The van der Waals surface area contributed by atoms with E-state index in [1.165, 1.54) is 0 Å². The first-order valence-electron chi connectivity index (χ1n) is 7.50. The third kappa shape index (κ3) is 4.53. The highest BCUT2D eigenvalue weighted by molar-refractivity contribution is 5.68. The lowest BCUT2D eigenvalue weighted by Crippen LogP contribution is -2.57. The zero-order chi connectivity index (χ0) is 19.4. The topological polar surface area (TPSA) is 156 Å². The van der Waals surface area contributed by atoms with E-state index >= 15 is 0 Å². The number of aromatic nitrogens is 3.